The molecule has 116 valence electrons. The molecule has 0 saturated carbocycles. The fourth-order valence-electron chi connectivity index (χ4n) is 1.87. The molecule has 0 radical (unpaired) electrons. The van der Waals surface area contributed by atoms with E-state index >= 15 is 0 Å². The van der Waals surface area contributed by atoms with Gasteiger partial charge < -0.3 is 10.6 Å². The predicted molar refractivity (Wildman–Crippen MR) is 95.3 cm³/mol. The Morgan fingerprint density at radius 2 is 2.04 bits per heavy atom. The lowest BCUT2D eigenvalue weighted by Gasteiger charge is -2.07. The Labute approximate surface area is 143 Å². The van der Waals surface area contributed by atoms with Crippen LogP contribution in [0.2, 0.25) is 0 Å². The topological polar surface area (TPSA) is 75.6 Å². The third kappa shape index (κ3) is 4.51. The quantitative estimate of drug-likeness (QED) is 0.690. The van der Waals surface area contributed by atoms with Gasteiger partial charge in [-0.15, -0.1) is 11.3 Å². The summed E-state index contributed by atoms with van der Waals surface area (Å²) < 4.78 is 0. The van der Waals surface area contributed by atoms with E-state index in [2.05, 4.69) is 30.6 Å². The van der Waals surface area contributed by atoms with Crippen LogP contribution >= 0.6 is 23.6 Å². The van der Waals surface area contributed by atoms with Crippen LogP contribution in [0.15, 0.2) is 48.4 Å². The smallest absolute Gasteiger partial charge is 0.189 e. The van der Waals surface area contributed by atoms with E-state index in [0.717, 1.165) is 22.2 Å². The summed E-state index contributed by atoms with van der Waals surface area (Å²) in [6.07, 6.45) is 7.70. The van der Waals surface area contributed by atoms with Gasteiger partial charge in [0.05, 0.1) is 5.69 Å². The van der Waals surface area contributed by atoms with Crippen LogP contribution in [0.4, 0.5) is 5.13 Å². The highest BCUT2D eigenvalue weighted by atomic mass is 32.1. The van der Waals surface area contributed by atoms with E-state index in [0.29, 0.717) is 18.1 Å². The van der Waals surface area contributed by atoms with Crippen molar-refractivity contribution in [1.29, 1.82) is 0 Å². The second-order valence-electron chi connectivity index (χ2n) is 4.58. The largest absolute Gasteiger partial charge is 0.362 e. The standard InChI is InChI=1S/C15H14N6S2/c22-14(19-8-4-13-17-6-2-7-18-13)21-15-20-12(10-23-15)11-3-1-5-16-9-11/h1-3,5-7,9-10H,4,8H2,(H2,19,20,21,22). The molecule has 0 aromatic carbocycles. The summed E-state index contributed by atoms with van der Waals surface area (Å²) in [7, 11) is 0. The summed E-state index contributed by atoms with van der Waals surface area (Å²) in [5.74, 6) is 0.788. The van der Waals surface area contributed by atoms with Crippen LogP contribution < -0.4 is 10.6 Å². The molecule has 2 N–H and O–H groups in total. The minimum absolute atomic E-state index is 0.535. The van der Waals surface area contributed by atoms with Gasteiger partial charge in [-0.3, -0.25) is 4.98 Å². The monoisotopic (exact) mass is 342 g/mol. The summed E-state index contributed by atoms with van der Waals surface area (Å²) in [5.41, 5.74) is 1.86. The van der Waals surface area contributed by atoms with Gasteiger partial charge in [0, 0.05) is 48.7 Å². The Morgan fingerprint density at radius 1 is 1.17 bits per heavy atom. The molecule has 0 atom stereocenters. The number of anilines is 1. The van der Waals surface area contributed by atoms with Crippen molar-refractivity contribution in [3.63, 3.8) is 0 Å². The van der Waals surface area contributed by atoms with E-state index in [9.17, 15) is 0 Å². The van der Waals surface area contributed by atoms with Crippen molar-refractivity contribution in [2.75, 3.05) is 11.9 Å². The van der Waals surface area contributed by atoms with E-state index in [1.165, 1.54) is 11.3 Å². The lowest BCUT2D eigenvalue weighted by atomic mass is 10.2. The number of rotatable bonds is 5. The van der Waals surface area contributed by atoms with Gasteiger partial charge in [-0.05, 0) is 30.4 Å². The SMILES string of the molecule is S=C(NCCc1ncccn1)Nc1nc(-c2cccnc2)cs1. The molecule has 0 unspecified atom stereocenters. The normalized spacial score (nSPS) is 10.3. The van der Waals surface area contributed by atoms with Crippen molar-refractivity contribution >= 4 is 33.8 Å². The van der Waals surface area contributed by atoms with Crippen LogP contribution in [0.3, 0.4) is 0 Å². The van der Waals surface area contributed by atoms with Gasteiger partial charge in [-0.2, -0.15) is 0 Å². The number of nitrogens with zero attached hydrogens (tertiary/aromatic N) is 4. The molecule has 23 heavy (non-hydrogen) atoms. The van der Waals surface area contributed by atoms with Crippen LogP contribution in [-0.4, -0.2) is 31.6 Å². The van der Waals surface area contributed by atoms with Crippen LogP contribution in [-0.2, 0) is 6.42 Å². The minimum atomic E-state index is 0.535. The first-order valence-corrected chi connectivity index (χ1v) is 8.27. The average molecular weight is 342 g/mol. The van der Waals surface area contributed by atoms with Gasteiger partial charge in [0.2, 0.25) is 0 Å². The molecule has 0 spiro atoms. The van der Waals surface area contributed by atoms with Crippen molar-refractivity contribution in [2.45, 2.75) is 6.42 Å². The maximum Gasteiger partial charge on any atom is 0.189 e. The zero-order valence-electron chi connectivity index (χ0n) is 12.1. The van der Waals surface area contributed by atoms with Crippen molar-refractivity contribution in [3.05, 3.63) is 54.2 Å². The molecule has 0 bridgehead atoms. The Balaban J connectivity index is 1.49. The molecule has 3 heterocycles. The first-order valence-electron chi connectivity index (χ1n) is 6.98. The minimum Gasteiger partial charge on any atom is -0.362 e. The lowest BCUT2D eigenvalue weighted by molar-refractivity contribution is 0.812. The van der Waals surface area contributed by atoms with E-state index in [1.807, 2.05) is 17.5 Å². The summed E-state index contributed by atoms with van der Waals surface area (Å²) in [5, 5.41) is 9.46. The number of thiazole rings is 1. The number of hydrogen-bond donors (Lipinski definition) is 2. The fraction of sp³-hybridized carbons (Fsp3) is 0.133. The van der Waals surface area contributed by atoms with Gasteiger partial charge in [0.15, 0.2) is 10.2 Å². The van der Waals surface area contributed by atoms with Gasteiger partial charge >= 0.3 is 0 Å². The maximum atomic E-state index is 5.27. The van der Waals surface area contributed by atoms with Crippen LogP contribution in [0, 0.1) is 0 Å². The lowest BCUT2D eigenvalue weighted by Crippen LogP contribution is -2.30. The van der Waals surface area contributed by atoms with Gasteiger partial charge in [0.25, 0.3) is 0 Å². The first kappa shape index (κ1) is 15.4. The molecule has 0 aliphatic rings. The second-order valence-corrected chi connectivity index (χ2v) is 5.84. The number of thiocarbonyl (C=S) groups is 1. The number of aromatic nitrogens is 4. The van der Waals surface area contributed by atoms with Crippen LogP contribution in [0.25, 0.3) is 11.3 Å². The summed E-state index contributed by atoms with van der Waals surface area (Å²) in [4.78, 5) is 16.9. The number of hydrogen-bond acceptors (Lipinski definition) is 6. The molecule has 0 fully saturated rings. The predicted octanol–water partition coefficient (Wildman–Crippen LogP) is 2.52. The van der Waals surface area contributed by atoms with Crippen molar-refractivity contribution in [1.82, 2.24) is 25.3 Å². The van der Waals surface area contributed by atoms with E-state index in [1.54, 1.807) is 30.9 Å². The van der Waals surface area contributed by atoms with E-state index in [4.69, 9.17) is 12.2 Å². The fourth-order valence-corrected chi connectivity index (χ4v) is 2.85. The Morgan fingerprint density at radius 3 is 2.83 bits per heavy atom. The maximum absolute atomic E-state index is 5.27. The van der Waals surface area contributed by atoms with Crippen molar-refractivity contribution < 1.29 is 0 Å². The third-order valence-corrected chi connectivity index (χ3v) is 3.94. The summed E-state index contributed by atoms with van der Waals surface area (Å²) >= 11 is 6.77. The van der Waals surface area contributed by atoms with Crippen molar-refractivity contribution in [3.8, 4) is 11.3 Å². The van der Waals surface area contributed by atoms with E-state index < -0.39 is 0 Å². The molecule has 0 aliphatic carbocycles. The average Bonchev–Trinajstić information content (AvgIpc) is 3.05. The molecule has 8 heteroatoms. The number of pyridine rings is 1. The van der Waals surface area contributed by atoms with Gasteiger partial charge in [-0.25, -0.2) is 15.0 Å². The molecule has 0 amide bonds. The number of nitrogens with one attached hydrogen (secondary N) is 2. The van der Waals surface area contributed by atoms with Crippen LogP contribution in [0.5, 0.6) is 0 Å². The molecular weight excluding hydrogens is 328 g/mol. The van der Waals surface area contributed by atoms with E-state index in [-0.39, 0.29) is 0 Å². The highest BCUT2D eigenvalue weighted by Crippen LogP contribution is 2.23. The highest BCUT2D eigenvalue weighted by Gasteiger charge is 2.06. The molecule has 6 nitrogen and oxygen atoms in total. The molecular formula is C15H14N6S2. The Hall–Kier alpha value is -2.45. The van der Waals surface area contributed by atoms with Crippen LogP contribution in [0.1, 0.15) is 5.82 Å². The molecule has 3 rings (SSSR count). The van der Waals surface area contributed by atoms with Gasteiger partial charge in [0.1, 0.15) is 5.82 Å². The molecule has 3 aromatic heterocycles. The highest BCUT2D eigenvalue weighted by molar-refractivity contribution is 7.80. The summed E-state index contributed by atoms with van der Waals surface area (Å²) in [6, 6.07) is 5.66. The molecule has 0 saturated heterocycles. The first-order chi connectivity index (χ1) is 11.3. The summed E-state index contributed by atoms with van der Waals surface area (Å²) in [6.45, 7) is 0.663. The van der Waals surface area contributed by atoms with Gasteiger partial charge in [-0.1, -0.05) is 0 Å². The zero-order chi connectivity index (χ0) is 15.9. The Bertz CT molecular complexity index is 760. The molecule has 0 aliphatic heterocycles. The molecule has 3 aromatic rings. The Kier molecular flexibility index (Phi) is 5.17. The third-order valence-electron chi connectivity index (χ3n) is 2.94. The second kappa shape index (κ2) is 7.70. The van der Waals surface area contributed by atoms with Crippen molar-refractivity contribution in [2.24, 2.45) is 0 Å². The zero-order valence-corrected chi connectivity index (χ0v) is 13.8.